The van der Waals surface area contributed by atoms with Crippen LogP contribution in [0.5, 0.6) is 0 Å². The Bertz CT molecular complexity index is 538. The normalized spacial score (nSPS) is 12.6. The number of rotatable bonds is 5. The van der Waals surface area contributed by atoms with Crippen molar-refractivity contribution in [1.82, 2.24) is 5.32 Å². The Morgan fingerprint density at radius 1 is 1.42 bits per heavy atom. The summed E-state index contributed by atoms with van der Waals surface area (Å²) in [6.45, 7) is 2.86. The molecule has 0 aliphatic heterocycles. The van der Waals surface area contributed by atoms with Crippen LogP contribution in [-0.4, -0.2) is 6.54 Å². The van der Waals surface area contributed by atoms with Gasteiger partial charge < -0.3 is 5.32 Å². The Hall–Kier alpha value is -0.420. The topological polar surface area (TPSA) is 12.0 Å². The average Bonchev–Trinajstić information content (AvgIpc) is 2.79. The molecule has 0 fully saturated rings. The Morgan fingerprint density at radius 3 is 2.79 bits per heavy atom. The molecule has 0 aliphatic rings. The highest BCUT2D eigenvalue weighted by atomic mass is 79.9. The van der Waals surface area contributed by atoms with Crippen molar-refractivity contribution in [2.45, 2.75) is 19.4 Å². The molecule has 19 heavy (non-hydrogen) atoms. The molecule has 1 aromatic heterocycles. The Kier molecular flexibility index (Phi) is 5.39. The number of nitrogens with one attached hydrogen (secondary N) is 1. The highest BCUT2D eigenvalue weighted by Gasteiger charge is 2.19. The van der Waals surface area contributed by atoms with Crippen LogP contribution >= 0.6 is 38.9 Å². The first kappa shape index (κ1) is 15.0. The third-order valence-electron chi connectivity index (χ3n) is 2.88. The molecule has 1 heterocycles. The second kappa shape index (κ2) is 6.84. The second-order valence-corrected chi connectivity index (χ2v) is 6.36. The lowest BCUT2D eigenvalue weighted by Gasteiger charge is -2.18. The van der Waals surface area contributed by atoms with Crippen molar-refractivity contribution in [1.29, 1.82) is 0 Å². The molecule has 0 aliphatic carbocycles. The van der Waals surface area contributed by atoms with Crippen LogP contribution < -0.4 is 5.32 Å². The average molecular weight is 363 g/mol. The van der Waals surface area contributed by atoms with Crippen LogP contribution in [0.15, 0.2) is 34.1 Å². The minimum atomic E-state index is -0.247. The van der Waals surface area contributed by atoms with Crippen molar-refractivity contribution in [3.8, 4) is 0 Å². The third kappa shape index (κ3) is 3.57. The van der Waals surface area contributed by atoms with E-state index in [4.69, 9.17) is 11.6 Å². The molecule has 0 amide bonds. The number of likely N-dealkylation sites (N-methyl/N-ethyl adjacent to an activating group) is 1. The lowest BCUT2D eigenvalue weighted by Crippen LogP contribution is -2.23. The van der Waals surface area contributed by atoms with E-state index in [2.05, 4.69) is 21.2 Å². The first-order valence-electron chi connectivity index (χ1n) is 6.02. The van der Waals surface area contributed by atoms with Gasteiger partial charge in [-0.25, -0.2) is 4.39 Å². The van der Waals surface area contributed by atoms with E-state index in [1.807, 2.05) is 18.4 Å². The predicted octanol–water partition coefficient (Wildman–Crippen LogP) is 5.20. The van der Waals surface area contributed by atoms with Crippen molar-refractivity contribution >= 4 is 38.9 Å². The van der Waals surface area contributed by atoms with E-state index >= 15 is 0 Å². The molecule has 1 unspecified atom stereocenters. The van der Waals surface area contributed by atoms with Gasteiger partial charge in [0.25, 0.3) is 0 Å². The fraction of sp³-hybridized carbons (Fsp3) is 0.286. The van der Waals surface area contributed by atoms with Gasteiger partial charge in [0, 0.05) is 26.0 Å². The van der Waals surface area contributed by atoms with Gasteiger partial charge in [0.1, 0.15) is 5.82 Å². The van der Waals surface area contributed by atoms with Crippen LogP contribution in [0.25, 0.3) is 0 Å². The highest BCUT2D eigenvalue weighted by Crippen LogP contribution is 2.33. The summed E-state index contributed by atoms with van der Waals surface area (Å²) in [6.07, 6.45) is 0.540. The number of benzene rings is 1. The minimum Gasteiger partial charge on any atom is -0.309 e. The zero-order chi connectivity index (χ0) is 13.8. The first-order chi connectivity index (χ1) is 9.13. The van der Waals surface area contributed by atoms with Crippen molar-refractivity contribution in [3.05, 3.63) is 55.4 Å². The maximum absolute atomic E-state index is 13.9. The van der Waals surface area contributed by atoms with Gasteiger partial charge in [0.05, 0.1) is 0 Å². The van der Waals surface area contributed by atoms with Crippen LogP contribution in [0.3, 0.4) is 0 Å². The smallest absolute Gasteiger partial charge is 0.127 e. The number of hydrogen-bond donors (Lipinski definition) is 1. The summed E-state index contributed by atoms with van der Waals surface area (Å²) in [7, 11) is 0. The molecule has 102 valence electrons. The van der Waals surface area contributed by atoms with Crippen molar-refractivity contribution in [2.24, 2.45) is 0 Å². The Labute approximate surface area is 129 Å². The molecule has 1 atom stereocenters. The molecule has 2 aromatic rings. The van der Waals surface area contributed by atoms with E-state index in [0.29, 0.717) is 17.0 Å². The van der Waals surface area contributed by atoms with Crippen molar-refractivity contribution in [3.63, 3.8) is 0 Å². The van der Waals surface area contributed by atoms with Gasteiger partial charge in [-0.3, -0.25) is 0 Å². The standard InChI is InChI=1S/C14H14BrClFNS/c1-2-18-13(14-10(15)6-7-19-14)8-9-11(16)4-3-5-12(9)17/h3-7,13,18H,2,8H2,1H3. The van der Waals surface area contributed by atoms with Gasteiger partial charge in [-0.1, -0.05) is 24.6 Å². The van der Waals surface area contributed by atoms with Gasteiger partial charge in [0.2, 0.25) is 0 Å². The SMILES string of the molecule is CCNC(Cc1c(F)cccc1Cl)c1sccc1Br. The molecule has 1 nitrogen and oxygen atoms in total. The quantitative estimate of drug-likeness (QED) is 0.771. The maximum Gasteiger partial charge on any atom is 0.127 e. The molecule has 1 N–H and O–H groups in total. The molecule has 0 saturated heterocycles. The lowest BCUT2D eigenvalue weighted by atomic mass is 10.0. The second-order valence-electron chi connectivity index (χ2n) is 4.15. The predicted molar refractivity (Wildman–Crippen MR) is 83.6 cm³/mol. The number of halogens is 3. The summed E-state index contributed by atoms with van der Waals surface area (Å²) in [6, 6.07) is 6.88. The van der Waals surface area contributed by atoms with E-state index in [9.17, 15) is 4.39 Å². The van der Waals surface area contributed by atoms with Gasteiger partial charge >= 0.3 is 0 Å². The van der Waals surface area contributed by atoms with E-state index in [1.165, 1.54) is 10.9 Å². The molecule has 0 spiro atoms. The molecule has 2 rings (SSSR count). The molecule has 1 aromatic carbocycles. The molecular formula is C14H14BrClFNS. The summed E-state index contributed by atoms with van der Waals surface area (Å²) in [5.74, 6) is -0.247. The zero-order valence-electron chi connectivity index (χ0n) is 10.4. The summed E-state index contributed by atoms with van der Waals surface area (Å²) in [5.41, 5.74) is 0.565. The summed E-state index contributed by atoms with van der Waals surface area (Å²) >= 11 is 11.3. The summed E-state index contributed by atoms with van der Waals surface area (Å²) in [5, 5.41) is 5.89. The van der Waals surface area contributed by atoms with E-state index in [-0.39, 0.29) is 11.9 Å². The Balaban J connectivity index is 2.29. The van der Waals surface area contributed by atoms with Crippen molar-refractivity contribution < 1.29 is 4.39 Å². The maximum atomic E-state index is 13.9. The Morgan fingerprint density at radius 2 is 2.21 bits per heavy atom. The summed E-state index contributed by atoms with van der Waals surface area (Å²) < 4.78 is 14.9. The number of hydrogen-bond acceptors (Lipinski definition) is 2. The summed E-state index contributed by atoms with van der Waals surface area (Å²) in [4.78, 5) is 1.17. The molecule has 0 saturated carbocycles. The van der Waals surface area contributed by atoms with E-state index < -0.39 is 0 Å². The van der Waals surface area contributed by atoms with E-state index in [0.717, 1.165) is 11.0 Å². The lowest BCUT2D eigenvalue weighted by molar-refractivity contribution is 0.533. The van der Waals surface area contributed by atoms with Crippen LogP contribution in [0.2, 0.25) is 5.02 Å². The van der Waals surface area contributed by atoms with Crippen LogP contribution in [0, 0.1) is 5.82 Å². The fourth-order valence-electron chi connectivity index (χ4n) is 1.99. The monoisotopic (exact) mass is 361 g/mol. The van der Waals surface area contributed by atoms with Crippen molar-refractivity contribution in [2.75, 3.05) is 6.54 Å². The van der Waals surface area contributed by atoms with Gasteiger partial charge in [-0.2, -0.15) is 0 Å². The first-order valence-corrected chi connectivity index (χ1v) is 8.07. The largest absolute Gasteiger partial charge is 0.309 e. The molecule has 5 heteroatoms. The van der Waals surface area contributed by atoms with Gasteiger partial charge in [0.15, 0.2) is 0 Å². The third-order valence-corrected chi connectivity index (χ3v) is 5.22. The van der Waals surface area contributed by atoms with Gasteiger partial charge in [-0.15, -0.1) is 11.3 Å². The molecule has 0 radical (unpaired) electrons. The zero-order valence-corrected chi connectivity index (χ0v) is 13.6. The highest BCUT2D eigenvalue weighted by molar-refractivity contribution is 9.10. The van der Waals surface area contributed by atoms with Gasteiger partial charge in [-0.05, 0) is 52.5 Å². The van der Waals surface area contributed by atoms with Crippen LogP contribution in [-0.2, 0) is 6.42 Å². The minimum absolute atomic E-state index is 0.0637. The van der Waals surface area contributed by atoms with E-state index in [1.54, 1.807) is 23.5 Å². The van der Waals surface area contributed by atoms with Crippen LogP contribution in [0.4, 0.5) is 4.39 Å². The fourth-order valence-corrected chi connectivity index (χ4v) is 3.96. The molecular weight excluding hydrogens is 349 g/mol. The van der Waals surface area contributed by atoms with Crippen LogP contribution in [0.1, 0.15) is 23.4 Å². The number of thiophene rings is 1. The molecule has 0 bridgehead atoms.